The van der Waals surface area contributed by atoms with Gasteiger partial charge in [0.1, 0.15) is 0 Å². The zero-order valence-corrected chi connectivity index (χ0v) is 6.96. The van der Waals surface area contributed by atoms with E-state index in [4.69, 9.17) is 16.9 Å². The fourth-order valence-corrected chi connectivity index (χ4v) is 2.75. The van der Waals surface area contributed by atoms with Gasteiger partial charge in [-0.25, -0.2) is 0 Å². The number of rotatable bonds is 1. The first-order valence-electron chi connectivity index (χ1n) is 4.00. The smallest absolute Gasteiger partial charge is 0.0665 e. The number of alkyl halides is 1. The van der Waals surface area contributed by atoms with Gasteiger partial charge in [-0.15, -0.1) is 11.6 Å². The van der Waals surface area contributed by atoms with E-state index in [-0.39, 0.29) is 5.92 Å². The second-order valence-corrected chi connectivity index (χ2v) is 3.73. The highest BCUT2D eigenvalue weighted by molar-refractivity contribution is 6.18. The monoisotopic (exact) mass is 167 g/mol. The molecule has 0 aromatic rings. The Morgan fingerprint density at radius 3 is 2.73 bits per heavy atom. The minimum atomic E-state index is 0.197. The van der Waals surface area contributed by atoms with Crippen LogP contribution in [0, 0.1) is 35.0 Å². The minimum Gasteiger partial charge on any atom is -0.198 e. The van der Waals surface area contributed by atoms with Gasteiger partial charge in [0.15, 0.2) is 0 Å². The molecule has 58 valence electrons. The highest BCUT2D eigenvalue weighted by Gasteiger charge is 2.43. The van der Waals surface area contributed by atoms with Crippen LogP contribution >= 0.6 is 11.6 Å². The summed E-state index contributed by atoms with van der Waals surface area (Å²) >= 11 is 5.79. The van der Waals surface area contributed by atoms with E-state index in [0.29, 0.717) is 23.6 Å². The fraction of sp³-hybridized carbons (Fsp3) is 0.667. The molecule has 0 N–H and O–H groups in total. The molecule has 2 aliphatic rings. The Bertz CT molecular complexity index is 228. The van der Waals surface area contributed by atoms with E-state index in [1.54, 1.807) is 0 Å². The van der Waals surface area contributed by atoms with Crippen molar-refractivity contribution in [2.45, 2.75) is 6.42 Å². The molecule has 0 amide bonds. The van der Waals surface area contributed by atoms with Crippen molar-refractivity contribution < 1.29 is 0 Å². The molecule has 4 atom stereocenters. The first-order chi connectivity index (χ1) is 5.36. The maximum Gasteiger partial charge on any atom is 0.0665 e. The first kappa shape index (κ1) is 7.18. The molecule has 1 saturated carbocycles. The molecule has 2 rings (SSSR count). The molecule has 0 aromatic heterocycles. The molecule has 2 aliphatic carbocycles. The van der Waals surface area contributed by atoms with Crippen LogP contribution in [0.4, 0.5) is 0 Å². The third kappa shape index (κ3) is 0.895. The summed E-state index contributed by atoms with van der Waals surface area (Å²) in [5.41, 5.74) is 0. The lowest BCUT2D eigenvalue weighted by Crippen LogP contribution is -2.19. The minimum absolute atomic E-state index is 0.197. The van der Waals surface area contributed by atoms with Gasteiger partial charge in [-0.2, -0.15) is 5.26 Å². The van der Waals surface area contributed by atoms with E-state index in [0.717, 1.165) is 6.42 Å². The van der Waals surface area contributed by atoms with Gasteiger partial charge in [-0.1, -0.05) is 12.2 Å². The Labute approximate surface area is 71.7 Å². The van der Waals surface area contributed by atoms with Crippen LogP contribution in [0.5, 0.6) is 0 Å². The molecule has 2 heteroatoms. The van der Waals surface area contributed by atoms with E-state index in [1.165, 1.54) is 0 Å². The van der Waals surface area contributed by atoms with Gasteiger partial charge in [0.05, 0.1) is 12.0 Å². The van der Waals surface area contributed by atoms with Crippen LogP contribution in [0.25, 0.3) is 0 Å². The van der Waals surface area contributed by atoms with E-state index in [9.17, 15) is 0 Å². The molecule has 0 radical (unpaired) electrons. The fourth-order valence-electron chi connectivity index (χ4n) is 2.33. The van der Waals surface area contributed by atoms with Crippen molar-refractivity contribution in [2.75, 3.05) is 5.88 Å². The molecule has 2 bridgehead atoms. The Morgan fingerprint density at radius 2 is 2.18 bits per heavy atom. The van der Waals surface area contributed by atoms with Crippen LogP contribution in [-0.2, 0) is 0 Å². The lowest BCUT2D eigenvalue weighted by molar-refractivity contribution is 0.417. The van der Waals surface area contributed by atoms with Gasteiger partial charge in [0.2, 0.25) is 0 Å². The zero-order valence-electron chi connectivity index (χ0n) is 6.20. The van der Waals surface area contributed by atoms with Gasteiger partial charge in [0.25, 0.3) is 0 Å². The van der Waals surface area contributed by atoms with Crippen molar-refractivity contribution >= 4 is 11.6 Å². The Balaban J connectivity index is 2.23. The van der Waals surface area contributed by atoms with Crippen molar-refractivity contribution in [3.05, 3.63) is 12.2 Å². The van der Waals surface area contributed by atoms with Crippen LogP contribution in [0.2, 0.25) is 0 Å². The third-order valence-corrected chi connectivity index (χ3v) is 3.31. The van der Waals surface area contributed by atoms with Crippen LogP contribution in [-0.4, -0.2) is 5.88 Å². The van der Waals surface area contributed by atoms with Gasteiger partial charge in [0, 0.05) is 5.88 Å². The van der Waals surface area contributed by atoms with E-state index in [2.05, 4.69) is 18.2 Å². The summed E-state index contributed by atoms with van der Waals surface area (Å²) in [7, 11) is 0. The van der Waals surface area contributed by atoms with Gasteiger partial charge < -0.3 is 0 Å². The molecule has 0 heterocycles. The number of hydrogen-bond acceptors (Lipinski definition) is 1. The molecule has 0 spiro atoms. The molecular formula is C9H10ClN. The molecule has 11 heavy (non-hydrogen) atoms. The summed E-state index contributed by atoms with van der Waals surface area (Å²) in [4.78, 5) is 0. The molecule has 0 unspecified atom stereocenters. The summed E-state index contributed by atoms with van der Waals surface area (Å²) in [6.45, 7) is 0. The quantitative estimate of drug-likeness (QED) is 0.434. The number of nitriles is 1. The summed E-state index contributed by atoms with van der Waals surface area (Å²) in [5, 5.41) is 8.85. The van der Waals surface area contributed by atoms with Gasteiger partial charge in [-0.05, 0) is 24.2 Å². The van der Waals surface area contributed by atoms with Crippen molar-refractivity contribution in [3.8, 4) is 6.07 Å². The second-order valence-electron chi connectivity index (χ2n) is 3.42. The number of fused-ring (bicyclic) bond motifs is 2. The predicted molar refractivity (Wildman–Crippen MR) is 44.1 cm³/mol. The van der Waals surface area contributed by atoms with E-state index < -0.39 is 0 Å². The van der Waals surface area contributed by atoms with Gasteiger partial charge >= 0.3 is 0 Å². The molecule has 1 fully saturated rings. The topological polar surface area (TPSA) is 23.8 Å². The SMILES string of the molecule is N#C[C@H]1[C@H](CCl)[C@H]2C=C[C@H]1C2. The van der Waals surface area contributed by atoms with Crippen molar-refractivity contribution in [2.24, 2.45) is 23.7 Å². The van der Waals surface area contributed by atoms with Crippen molar-refractivity contribution in [1.29, 1.82) is 5.26 Å². The number of hydrogen-bond donors (Lipinski definition) is 0. The number of halogens is 1. The van der Waals surface area contributed by atoms with Crippen LogP contribution in [0.15, 0.2) is 12.2 Å². The first-order valence-corrected chi connectivity index (χ1v) is 4.54. The van der Waals surface area contributed by atoms with Crippen LogP contribution in [0.1, 0.15) is 6.42 Å². The molecule has 0 aliphatic heterocycles. The largest absolute Gasteiger partial charge is 0.198 e. The molecule has 0 aromatic carbocycles. The lowest BCUT2D eigenvalue weighted by Gasteiger charge is -2.19. The Hall–Kier alpha value is -0.480. The lowest BCUT2D eigenvalue weighted by atomic mass is 9.85. The predicted octanol–water partition coefficient (Wildman–Crippen LogP) is 2.19. The maximum atomic E-state index is 8.85. The average Bonchev–Trinajstić information content (AvgIpc) is 2.60. The third-order valence-electron chi connectivity index (χ3n) is 2.95. The molecule has 0 saturated heterocycles. The maximum absolute atomic E-state index is 8.85. The zero-order chi connectivity index (χ0) is 7.84. The summed E-state index contributed by atoms with van der Waals surface area (Å²) in [6, 6.07) is 2.36. The van der Waals surface area contributed by atoms with Crippen molar-refractivity contribution in [3.63, 3.8) is 0 Å². The standard InChI is InChI=1S/C9H10ClN/c10-4-8-6-1-2-7(3-6)9(8)5-11/h1-2,6-9H,3-4H2/t6-,7-,8+,9+/m0/s1. The van der Waals surface area contributed by atoms with Gasteiger partial charge in [-0.3, -0.25) is 0 Å². The Kier molecular flexibility index (Phi) is 1.65. The number of allylic oxidation sites excluding steroid dienone is 2. The summed E-state index contributed by atoms with van der Waals surface area (Å²) < 4.78 is 0. The summed E-state index contributed by atoms with van der Waals surface area (Å²) in [5.74, 6) is 2.37. The van der Waals surface area contributed by atoms with E-state index >= 15 is 0 Å². The highest BCUT2D eigenvalue weighted by atomic mass is 35.5. The summed E-state index contributed by atoms with van der Waals surface area (Å²) in [6.07, 6.45) is 5.57. The Morgan fingerprint density at radius 1 is 1.45 bits per heavy atom. The average molecular weight is 168 g/mol. The number of nitrogens with zero attached hydrogens (tertiary/aromatic N) is 1. The van der Waals surface area contributed by atoms with Crippen LogP contribution in [0.3, 0.4) is 0 Å². The van der Waals surface area contributed by atoms with Crippen LogP contribution < -0.4 is 0 Å². The van der Waals surface area contributed by atoms with Crippen molar-refractivity contribution in [1.82, 2.24) is 0 Å². The van der Waals surface area contributed by atoms with E-state index in [1.807, 2.05) is 0 Å². The molecular weight excluding hydrogens is 158 g/mol. The second kappa shape index (κ2) is 2.53. The normalized spacial score (nSPS) is 46.2. The molecule has 1 nitrogen and oxygen atoms in total. The highest BCUT2D eigenvalue weighted by Crippen LogP contribution is 2.47.